The average Bonchev–Trinajstić information content (AvgIpc) is 2.84. The summed E-state index contributed by atoms with van der Waals surface area (Å²) in [7, 11) is 0. The van der Waals surface area contributed by atoms with Crippen molar-refractivity contribution in [1.82, 2.24) is 20.8 Å². The fourth-order valence-corrected chi connectivity index (χ4v) is 1.50. The van der Waals surface area contributed by atoms with Gasteiger partial charge in [-0.3, -0.25) is 14.7 Å². The molecule has 1 aliphatic rings. The maximum Gasteiger partial charge on any atom is 0.225 e. The van der Waals surface area contributed by atoms with E-state index in [1.807, 2.05) is 0 Å². The van der Waals surface area contributed by atoms with Gasteiger partial charge in [0, 0.05) is 31.3 Å². The smallest absolute Gasteiger partial charge is 0.225 e. The Morgan fingerprint density at radius 3 is 3.13 bits per heavy atom. The molecule has 0 aliphatic carbocycles. The second-order valence-electron chi connectivity index (χ2n) is 3.53. The number of aromatic nitrogens is 2. The molecule has 0 aromatic carbocycles. The van der Waals surface area contributed by atoms with E-state index in [0.717, 1.165) is 5.56 Å². The number of rotatable bonds is 3. The summed E-state index contributed by atoms with van der Waals surface area (Å²) in [5.41, 5.74) is 0.917. The molecule has 6 nitrogen and oxygen atoms in total. The molecule has 6 heteroatoms. The molecule has 0 spiro atoms. The van der Waals surface area contributed by atoms with Crippen LogP contribution in [-0.4, -0.2) is 28.6 Å². The fourth-order valence-electron chi connectivity index (χ4n) is 1.50. The van der Waals surface area contributed by atoms with E-state index in [1.54, 1.807) is 12.4 Å². The van der Waals surface area contributed by atoms with Crippen molar-refractivity contribution in [2.45, 2.75) is 13.0 Å². The molecule has 1 saturated heterocycles. The van der Waals surface area contributed by atoms with Gasteiger partial charge in [-0.2, -0.15) is 5.10 Å². The number of carbonyl (C=O) groups excluding carboxylic acids is 2. The molecule has 1 fully saturated rings. The Kier molecular flexibility index (Phi) is 2.66. The van der Waals surface area contributed by atoms with Crippen LogP contribution in [0, 0.1) is 5.92 Å². The molecular formula is C9H12N4O2. The maximum absolute atomic E-state index is 11.6. The Morgan fingerprint density at radius 2 is 2.53 bits per heavy atom. The monoisotopic (exact) mass is 208 g/mol. The van der Waals surface area contributed by atoms with Crippen LogP contribution in [0.15, 0.2) is 12.4 Å². The van der Waals surface area contributed by atoms with Crippen LogP contribution in [0.2, 0.25) is 0 Å². The van der Waals surface area contributed by atoms with Crippen molar-refractivity contribution in [3.05, 3.63) is 18.0 Å². The minimum Gasteiger partial charge on any atom is -0.355 e. The lowest BCUT2D eigenvalue weighted by Crippen LogP contribution is -2.31. The van der Waals surface area contributed by atoms with Crippen molar-refractivity contribution in [3.63, 3.8) is 0 Å². The molecule has 3 N–H and O–H groups in total. The van der Waals surface area contributed by atoms with Crippen molar-refractivity contribution in [1.29, 1.82) is 0 Å². The molecule has 0 saturated carbocycles. The molecule has 1 atom stereocenters. The Hall–Kier alpha value is -1.85. The predicted molar refractivity (Wildman–Crippen MR) is 51.6 cm³/mol. The predicted octanol–water partition coefficient (Wildman–Crippen LogP) is -0.838. The zero-order valence-electron chi connectivity index (χ0n) is 8.12. The Balaban J connectivity index is 1.80. The van der Waals surface area contributed by atoms with E-state index in [9.17, 15) is 9.59 Å². The number of amides is 2. The molecule has 2 amide bonds. The number of H-pyrrole nitrogens is 1. The lowest BCUT2D eigenvalue weighted by Gasteiger charge is -2.07. The largest absolute Gasteiger partial charge is 0.355 e. The Labute approximate surface area is 86.4 Å². The highest BCUT2D eigenvalue weighted by molar-refractivity contribution is 5.89. The molecule has 80 valence electrons. The summed E-state index contributed by atoms with van der Waals surface area (Å²) in [6.45, 7) is 0.885. The van der Waals surface area contributed by atoms with E-state index in [-0.39, 0.29) is 24.2 Å². The van der Waals surface area contributed by atoms with Crippen LogP contribution in [0.4, 0.5) is 0 Å². The first-order valence-electron chi connectivity index (χ1n) is 4.78. The van der Waals surface area contributed by atoms with Gasteiger partial charge >= 0.3 is 0 Å². The summed E-state index contributed by atoms with van der Waals surface area (Å²) in [6.07, 6.45) is 3.66. The summed E-state index contributed by atoms with van der Waals surface area (Å²) in [5.74, 6) is -0.377. The number of hydrogen-bond acceptors (Lipinski definition) is 3. The van der Waals surface area contributed by atoms with Crippen LogP contribution < -0.4 is 10.6 Å². The molecule has 1 aliphatic heterocycles. The van der Waals surface area contributed by atoms with E-state index >= 15 is 0 Å². The van der Waals surface area contributed by atoms with Gasteiger partial charge in [0.15, 0.2) is 0 Å². The van der Waals surface area contributed by atoms with Crippen molar-refractivity contribution in [2.75, 3.05) is 6.54 Å². The van der Waals surface area contributed by atoms with Crippen LogP contribution in [-0.2, 0) is 16.1 Å². The van der Waals surface area contributed by atoms with Crippen molar-refractivity contribution >= 4 is 11.8 Å². The third-order valence-electron chi connectivity index (χ3n) is 2.37. The molecular weight excluding hydrogens is 196 g/mol. The molecule has 15 heavy (non-hydrogen) atoms. The van der Waals surface area contributed by atoms with Crippen LogP contribution >= 0.6 is 0 Å². The average molecular weight is 208 g/mol. The molecule has 0 radical (unpaired) electrons. The minimum atomic E-state index is -0.232. The number of carbonyl (C=O) groups is 2. The molecule has 1 aromatic heterocycles. The first kappa shape index (κ1) is 9.70. The number of nitrogens with zero attached hydrogens (tertiary/aromatic N) is 1. The Morgan fingerprint density at radius 1 is 1.67 bits per heavy atom. The van der Waals surface area contributed by atoms with Gasteiger partial charge in [-0.25, -0.2) is 0 Å². The van der Waals surface area contributed by atoms with Gasteiger partial charge in [-0.05, 0) is 0 Å². The van der Waals surface area contributed by atoms with Crippen LogP contribution in [0.1, 0.15) is 12.0 Å². The highest BCUT2D eigenvalue weighted by Gasteiger charge is 2.27. The SMILES string of the molecule is O=C1CC(C(=O)NCc2cn[nH]c2)CN1. The maximum atomic E-state index is 11.6. The van der Waals surface area contributed by atoms with E-state index in [4.69, 9.17) is 0 Å². The third-order valence-corrected chi connectivity index (χ3v) is 2.37. The topological polar surface area (TPSA) is 86.9 Å². The normalized spacial score (nSPS) is 20.0. The number of hydrogen-bond donors (Lipinski definition) is 3. The van der Waals surface area contributed by atoms with Crippen molar-refractivity contribution in [2.24, 2.45) is 5.92 Å². The third kappa shape index (κ3) is 2.34. The van der Waals surface area contributed by atoms with Crippen molar-refractivity contribution in [3.8, 4) is 0 Å². The fraction of sp³-hybridized carbons (Fsp3) is 0.444. The van der Waals surface area contributed by atoms with Gasteiger partial charge in [0.2, 0.25) is 11.8 Å². The second-order valence-corrected chi connectivity index (χ2v) is 3.53. The van der Waals surface area contributed by atoms with Crippen LogP contribution in [0.3, 0.4) is 0 Å². The standard InChI is InChI=1S/C9H12N4O2/c14-8-1-7(5-10-8)9(15)11-2-6-3-12-13-4-6/h3-4,7H,1-2,5H2,(H,10,14)(H,11,15)(H,12,13). The molecule has 0 bridgehead atoms. The van der Waals surface area contributed by atoms with Crippen LogP contribution in [0.25, 0.3) is 0 Å². The molecule has 2 heterocycles. The van der Waals surface area contributed by atoms with E-state index in [0.29, 0.717) is 13.1 Å². The van der Waals surface area contributed by atoms with Gasteiger partial charge in [-0.1, -0.05) is 0 Å². The zero-order chi connectivity index (χ0) is 10.7. The van der Waals surface area contributed by atoms with E-state index in [2.05, 4.69) is 20.8 Å². The quantitative estimate of drug-likeness (QED) is 0.605. The second kappa shape index (κ2) is 4.12. The highest BCUT2D eigenvalue weighted by Crippen LogP contribution is 2.08. The summed E-state index contributed by atoms with van der Waals surface area (Å²) in [4.78, 5) is 22.4. The zero-order valence-corrected chi connectivity index (χ0v) is 8.12. The van der Waals surface area contributed by atoms with Crippen molar-refractivity contribution < 1.29 is 9.59 Å². The van der Waals surface area contributed by atoms with E-state index < -0.39 is 0 Å². The Bertz CT molecular complexity index is 360. The van der Waals surface area contributed by atoms with Gasteiger partial charge in [0.25, 0.3) is 0 Å². The number of aromatic amines is 1. The molecule has 1 unspecified atom stereocenters. The number of nitrogens with one attached hydrogen (secondary N) is 3. The summed E-state index contributed by atoms with van der Waals surface area (Å²) in [6, 6.07) is 0. The summed E-state index contributed by atoms with van der Waals surface area (Å²) >= 11 is 0. The molecule has 2 rings (SSSR count). The highest BCUT2D eigenvalue weighted by atomic mass is 16.2. The first-order valence-corrected chi connectivity index (χ1v) is 4.78. The lowest BCUT2D eigenvalue weighted by molar-refractivity contribution is -0.126. The van der Waals surface area contributed by atoms with Gasteiger partial charge in [0.05, 0.1) is 12.1 Å². The van der Waals surface area contributed by atoms with Crippen LogP contribution in [0.5, 0.6) is 0 Å². The summed E-state index contributed by atoms with van der Waals surface area (Å²) < 4.78 is 0. The van der Waals surface area contributed by atoms with Gasteiger partial charge in [0.1, 0.15) is 0 Å². The first-order chi connectivity index (χ1) is 7.25. The van der Waals surface area contributed by atoms with Gasteiger partial charge < -0.3 is 10.6 Å². The molecule has 1 aromatic rings. The lowest BCUT2D eigenvalue weighted by atomic mass is 10.1. The summed E-state index contributed by atoms with van der Waals surface area (Å²) in [5, 5.41) is 11.8. The van der Waals surface area contributed by atoms with Gasteiger partial charge in [-0.15, -0.1) is 0 Å². The minimum absolute atomic E-state index is 0.0570. The van der Waals surface area contributed by atoms with E-state index in [1.165, 1.54) is 0 Å².